The topological polar surface area (TPSA) is 75.3 Å². The highest BCUT2D eigenvalue weighted by Gasteiger charge is 2.22. The molecule has 0 radical (unpaired) electrons. The van der Waals surface area contributed by atoms with Crippen LogP contribution in [0.25, 0.3) is 0 Å². The van der Waals surface area contributed by atoms with Crippen LogP contribution < -0.4 is 10.6 Å². The number of carbonyl (C=O) groups excluding carboxylic acids is 3. The zero-order valence-electron chi connectivity index (χ0n) is 12.7. The molecule has 2 N–H and O–H groups in total. The van der Waals surface area contributed by atoms with Crippen molar-refractivity contribution >= 4 is 17.5 Å². The first-order valence-corrected chi connectivity index (χ1v) is 7.08. The molecule has 0 heterocycles. The van der Waals surface area contributed by atoms with E-state index in [0.29, 0.717) is 12.0 Å². The molecule has 1 atom stereocenters. The molecule has 0 aliphatic carbocycles. The van der Waals surface area contributed by atoms with Crippen molar-refractivity contribution in [3.8, 4) is 0 Å². The normalized spacial score (nSPS) is 11.8. The van der Waals surface area contributed by atoms with E-state index in [-0.39, 0.29) is 12.3 Å². The van der Waals surface area contributed by atoms with Gasteiger partial charge in [0.1, 0.15) is 0 Å². The fraction of sp³-hybridized carbons (Fsp3) is 0.438. The van der Waals surface area contributed by atoms with E-state index >= 15 is 0 Å². The van der Waals surface area contributed by atoms with Gasteiger partial charge in [-0.1, -0.05) is 31.5 Å². The van der Waals surface area contributed by atoms with E-state index in [9.17, 15) is 14.4 Å². The zero-order valence-corrected chi connectivity index (χ0v) is 12.7. The third-order valence-electron chi connectivity index (χ3n) is 3.25. The molecule has 0 spiro atoms. The Morgan fingerprint density at radius 1 is 1.24 bits per heavy atom. The minimum Gasteiger partial charge on any atom is -0.345 e. The number of carbonyl (C=O) groups is 3. The second-order valence-corrected chi connectivity index (χ2v) is 4.93. The number of Topliss-reactive ketones (excluding diaryl/α,β-unsaturated/α-hetero) is 2. The van der Waals surface area contributed by atoms with Crippen LogP contribution in [0.1, 0.15) is 42.6 Å². The maximum absolute atomic E-state index is 11.9. The highest BCUT2D eigenvalue weighted by atomic mass is 16.2. The summed E-state index contributed by atoms with van der Waals surface area (Å²) in [5.41, 5.74) is 1.38. The third kappa shape index (κ3) is 5.11. The monoisotopic (exact) mass is 290 g/mol. The number of ketones is 2. The van der Waals surface area contributed by atoms with Gasteiger partial charge in [0.25, 0.3) is 5.91 Å². The van der Waals surface area contributed by atoms with E-state index in [0.717, 1.165) is 12.0 Å². The molecule has 0 aliphatic heterocycles. The van der Waals surface area contributed by atoms with Crippen LogP contribution in [-0.2, 0) is 16.1 Å². The van der Waals surface area contributed by atoms with Gasteiger partial charge in [0.15, 0.2) is 5.78 Å². The number of benzene rings is 1. The lowest BCUT2D eigenvalue weighted by atomic mass is 10.1. The van der Waals surface area contributed by atoms with Crippen LogP contribution in [0, 0.1) is 0 Å². The Balaban J connectivity index is 2.62. The van der Waals surface area contributed by atoms with Gasteiger partial charge in [-0.25, -0.2) is 0 Å². The van der Waals surface area contributed by atoms with Crippen LogP contribution in [0.2, 0.25) is 0 Å². The Morgan fingerprint density at radius 3 is 2.52 bits per heavy atom. The highest BCUT2D eigenvalue weighted by molar-refractivity contribution is 6.38. The SMILES string of the molecule is CCCC(NC)C(=O)C(=O)NCc1cccc(C(C)=O)c1. The molecule has 5 heteroatoms. The van der Waals surface area contributed by atoms with E-state index in [1.54, 1.807) is 31.3 Å². The lowest BCUT2D eigenvalue weighted by molar-refractivity contribution is -0.139. The molecule has 0 fully saturated rings. The quantitative estimate of drug-likeness (QED) is 0.561. The number of hydrogen-bond donors (Lipinski definition) is 2. The van der Waals surface area contributed by atoms with E-state index in [2.05, 4.69) is 10.6 Å². The van der Waals surface area contributed by atoms with Crippen molar-refractivity contribution in [2.45, 2.75) is 39.3 Å². The number of nitrogens with one attached hydrogen (secondary N) is 2. The van der Waals surface area contributed by atoms with Gasteiger partial charge in [-0.2, -0.15) is 0 Å². The summed E-state index contributed by atoms with van der Waals surface area (Å²) >= 11 is 0. The van der Waals surface area contributed by atoms with Crippen molar-refractivity contribution in [3.63, 3.8) is 0 Å². The van der Waals surface area contributed by atoms with E-state index in [4.69, 9.17) is 0 Å². The third-order valence-corrected chi connectivity index (χ3v) is 3.25. The summed E-state index contributed by atoms with van der Waals surface area (Å²) < 4.78 is 0. The minimum atomic E-state index is -0.601. The van der Waals surface area contributed by atoms with Crippen LogP contribution in [0.3, 0.4) is 0 Å². The van der Waals surface area contributed by atoms with Crippen molar-refractivity contribution < 1.29 is 14.4 Å². The summed E-state index contributed by atoms with van der Waals surface area (Å²) in [6.07, 6.45) is 1.45. The fourth-order valence-corrected chi connectivity index (χ4v) is 2.02. The largest absolute Gasteiger partial charge is 0.345 e. The van der Waals surface area contributed by atoms with E-state index in [1.165, 1.54) is 6.92 Å². The maximum Gasteiger partial charge on any atom is 0.289 e. The Kier molecular flexibility index (Phi) is 6.75. The first kappa shape index (κ1) is 17.0. The highest BCUT2D eigenvalue weighted by Crippen LogP contribution is 2.06. The molecule has 114 valence electrons. The predicted octanol–water partition coefficient (Wildman–Crippen LogP) is 1.46. The molecule has 5 nitrogen and oxygen atoms in total. The molecule has 1 rings (SSSR count). The zero-order chi connectivity index (χ0) is 15.8. The van der Waals surface area contributed by atoms with Crippen LogP contribution in [0.5, 0.6) is 0 Å². The molecule has 1 aromatic rings. The molecule has 1 aromatic carbocycles. The Bertz CT molecular complexity index is 526. The second kappa shape index (κ2) is 8.32. The van der Waals surface area contributed by atoms with Crippen LogP contribution in [0.15, 0.2) is 24.3 Å². The molecule has 1 amide bonds. The molecular weight excluding hydrogens is 268 g/mol. The van der Waals surface area contributed by atoms with Gasteiger partial charge in [-0.05, 0) is 32.0 Å². The van der Waals surface area contributed by atoms with Crippen LogP contribution >= 0.6 is 0 Å². The fourth-order valence-electron chi connectivity index (χ4n) is 2.02. The van der Waals surface area contributed by atoms with Crippen molar-refractivity contribution in [3.05, 3.63) is 35.4 Å². The molecule has 0 saturated heterocycles. The van der Waals surface area contributed by atoms with Crippen molar-refractivity contribution in [2.75, 3.05) is 7.05 Å². The Morgan fingerprint density at radius 2 is 1.95 bits per heavy atom. The van der Waals surface area contributed by atoms with Crippen molar-refractivity contribution in [1.82, 2.24) is 10.6 Å². The summed E-state index contributed by atoms with van der Waals surface area (Å²) in [6, 6.07) is 6.55. The van der Waals surface area contributed by atoms with Crippen LogP contribution in [-0.4, -0.2) is 30.6 Å². The Labute approximate surface area is 125 Å². The first-order valence-electron chi connectivity index (χ1n) is 7.08. The van der Waals surface area contributed by atoms with E-state index in [1.807, 2.05) is 6.92 Å². The summed E-state index contributed by atoms with van der Waals surface area (Å²) in [5.74, 6) is -1.09. The Hall–Kier alpha value is -2.01. The van der Waals surface area contributed by atoms with Gasteiger partial charge in [0.2, 0.25) is 5.78 Å². The minimum absolute atomic E-state index is 0.0301. The number of rotatable bonds is 8. The van der Waals surface area contributed by atoms with Gasteiger partial charge in [-0.3, -0.25) is 14.4 Å². The average molecular weight is 290 g/mol. The summed E-state index contributed by atoms with van der Waals surface area (Å²) in [4.78, 5) is 35.1. The van der Waals surface area contributed by atoms with Crippen molar-refractivity contribution in [2.24, 2.45) is 0 Å². The lowest BCUT2D eigenvalue weighted by Crippen LogP contribution is -2.43. The molecule has 0 saturated carbocycles. The van der Waals surface area contributed by atoms with E-state index < -0.39 is 17.7 Å². The average Bonchev–Trinajstić information content (AvgIpc) is 2.49. The lowest BCUT2D eigenvalue weighted by Gasteiger charge is -2.13. The van der Waals surface area contributed by atoms with Gasteiger partial charge in [0, 0.05) is 12.1 Å². The van der Waals surface area contributed by atoms with Crippen molar-refractivity contribution in [1.29, 1.82) is 0 Å². The second-order valence-electron chi connectivity index (χ2n) is 4.93. The molecular formula is C16H22N2O3. The number of amides is 1. The molecule has 1 unspecified atom stereocenters. The number of likely N-dealkylation sites (N-methyl/N-ethyl adjacent to an activating group) is 1. The summed E-state index contributed by atoms with van der Waals surface area (Å²) in [5, 5.41) is 5.45. The van der Waals surface area contributed by atoms with Gasteiger partial charge < -0.3 is 10.6 Å². The molecule has 0 aromatic heterocycles. The predicted molar refractivity (Wildman–Crippen MR) is 81.1 cm³/mol. The summed E-state index contributed by atoms with van der Waals surface area (Å²) in [6.45, 7) is 3.68. The number of hydrogen-bond acceptors (Lipinski definition) is 4. The van der Waals surface area contributed by atoms with Crippen LogP contribution in [0.4, 0.5) is 0 Å². The standard InChI is InChI=1S/C16H22N2O3/c1-4-6-14(17-3)15(20)16(21)18-10-12-7-5-8-13(9-12)11(2)19/h5,7-9,14,17H,4,6,10H2,1-3H3,(H,18,21). The first-order chi connectivity index (χ1) is 9.99. The molecule has 21 heavy (non-hydrogen) atoms. The van der Waals surface area contributed by atoms with Gasteiger partial charge in [0.05, 0.1) is 6.04 Å². The van der Waals surface area contributed by atoms with Gasteiger partial charge in [-0.15, -0.1) is 0 Å². The smallest absolute Gasteiger partial charge is 0.289 e. The molecule has 0 aliphatic rings. The molecule has 0 bridgehead atoms. The maximum atomic E-state index is 11.9. The summed E-state index contributed by atoms with van der Waals surface area (Å²) in [7, 11) is 1.67. The van der Waals surface area contributed by atoms with Gasteiger partial charge >= 0.3 is 0 Å².